The molecule has 0 fully saturated rings. The van der Waals surface area contributed by atoms with Crippen LogP contribution in [0.4, 0.5) is 14.5 Å². The lowest BCUT2D eigenvalue weighted by atomic mass is 10.0. The lowest BCUT2D eigenvalue weighted by Crippen LogP contribution is -2.27. The number of allylic oxidation sites excluding steroid dienone is 1. The first-order valence-electron chi connectivity index (χ1n) is 12.7. The number of aromatic nitrogens is 2. The second-order valence-corrected chi connectivity index (χ2v) is 9.10. The Morgan fingerprint density at radius 2 is 1.83 bits per heavy atom. The van der Waals surface area contributed by atoms with Crippen molar-refractivity contribution in [2.24, 2.45) is 0 Å². The number of pyridine rings is 1. The summed E-state index contributed by atoms with van der Waals surface area (Å²) in [7, 11) is 0. The third-order valence-electron chi connectivity index (χ3n) is 6.35. The zero-order valence-corrected chi connectivity index (χ0v) is 22.0. The summed E-state index contributed by atoms with van der Waals surface area (Å²) in [6.07, 6.45) is 5.51. The van der Waals surface area contributed by atoms with E-state index in [2.05, 4.69) is 10.3 Å². The van der Waals surface area contributed by atoms with Crippen molar-refractivity contribution in [1.29, 1.82) is 5.41 Å². The van der Waals surface area contributed by atoms with E-state index in [1.807, 2.05) is 12.1 Å². The number of hydrogen-bond acceptors (Lipinski definition) is 5. The van der Waals surface area contributed by atoms with Gasteiger partial charge in [0.2, 0.25) is 0 Å². The molecule has 4 N–H and O–H groups in total. The molecule has 2 heterocycles. The van der Waals surface area contributed by atoms with E-state index in [1.54, 1.807) is 24.4 Å². The number of carbonyl (C=O) groups is 1. The molecule has 0 atom stereocenters. The molecule has 5 aromatic rings. The van der Waals surface area contributed by atoms with Crippen molar-refractivity contribution in [2.45, 2.75) is 6.61 Å². The van der Waals surface area contributed by atoms with Crippen molar-refractivity contribution in [1.82, 2.24) is 9.55 Å². The fourth-order valence-corrected chi connectivity index (χ4v) is 4.35. The molecule has 1 amide bonds. The van der Waals surface area contributed by atoms with E-state index in [-0.39, 0.29) is 29.4 Å². The molecule has 42 heavy (non-hydrogen) atoms. The van der Waals surface area contributed by atoms with E-state index >= 15 is 4.39 Å². The van der Waals surface area contributed by atoms with Crippen LogP contribution in [0, 0.1) is 17.0 Å². The smallest absolute Gasteiger partial charge is 0.267 e. The molecule has 5 rings (SSSR count). The summed E-state index contributed by atoms with van der Waals surface area (Å²) in [6.45, 7) is -0.129. The number of anilines is 1. The van der Waals surface area contributed by atoms with Crippen LogP contribution >= 0.6 is 0 Å². The predicted molar refractivity (Wildman–Crippen MR) is 156 cm³/mol. The minimum Gasteiger partial charge on any atom is -0.452 e. The van der Waals surface area contributed by atoms with Gasteiger partial charge in [-0.05, 0) is 71.8 Å². The standard InChI is InChI=1S/C32H24F2N4O4/c33-22-6-9-24(10-7-22)38-16-2-5-26(32(38)41)31(40)37-23-8-11-28(27(34)18-23)42-29(12-14-35)30-25(13-15-36-30)21-4-1-3-20(17-21)19-39/h1-18,35-36,39H,19H2,(H,37,40)/b29-12+,35-14?. The van der Waals surface area contributed by atoms with Gasteiger partial charge in [0.15, 0.2) is 17.3 Å². The van der Waals surface area contributed by atoms with Crippen LogP contribution in [-0.2, 0) is 6.61 Å². The Morgan fingerprint density at radius 3 is 2.57 bits per heavy atom. The second-order valence-electron chi connectivity index (χ2n) is 9.10. The molecule has 0 saturated carbocycles. The number of aliphatic hydroxyl groups is 1. The summed E-state index contributed by atoms with van der Waals surface area (Å²) < 4.78 is 35.5. The van der Waals surface area contributed by atoms with E-state index in [4.69, 9.17) is 10.1 Å². The highest BCUT2D eigenvalue weighted by atomic mass is 19.1. The predicted octanol–water partition coefficient (Wildman–Crippen LogP) is 5.92. The molecule has 0 bridgehead atoms. The Kier molecular flexibility index (Phi) is 8.17. The number of hydrogen-bond donors (Lipinski definition) is 4. The maximum Gasteiger partial charge on any atom is 0.267 e. The Labute approximate surface area is 238 Å². The molecule has 0 radical (unpaired) electrons. The summed E-state index contributed by atoms with van der Waals surface area (Å²) in [5.41, 5.74) is 2.35. The summed E-state index contributed by atoms with van der Waals surface area (Å²) in [6, 6.07) is 20.9. The van der Waals surface area contributed by atoms with E-state index < -0.39 is 23.1 Å². The molecule has 0 aliphatic rings. The Morgan fingerprint density at radius 1 is 1.02 bits per heavy atom. The van der Waals surface area contributed by atoms with E-state index in [0.717, 1.165) is 23.4 Å². The lowest BCUT2D eigenvalue weighted by molar-refractivity contribution is 0.102. The van der Waals surface area contributed by atoms with Gasteiger partial charge < -0.3 is 25.6 Å². The Hall–Kier alpha value is -5.61. The monoisotopic (exact) mass is 566 g/mol. The Balaban J connectivity index is 1.36. The highest BCUT2D eigenvalue weighted by molar-refractivity contribution is 6.04. The number of carbonyl (C=O) groups excluding carboxylic acids is 1. The van der Waals surface area contributed by atoms with E-state index in [0.29, 0.717) is 16.9 Å². The number of rotatable bonds is 9. The zero-order chi connectivity index (χ0) is 29.6. The molecule has 8 nitrogen and oxygen atoms in total. The van der Waals surface area contributed by atoms with Gasteiger partial charge in [-0.2, -0.15) is 0 Å². The van der Waals surface area contributed by atoms with Crippen molar-refractivity contribution in [3.05, 3.63) is 142 Å². The van der Waals surface area contributed by atoms with Crippen LogP contribution in [0.15, 0.2) is 108 Å². The minimum absolute atomic E-state index is 0.0837. The van der Waals surface area contributed by atoms with Crippen LogP contribution in [0.1, 0.15) is 21.6 Å². The highest BCUT2D eigenvalue weighted by Crippen LogP contribution is 2.32. The van der Waals surface area contributed by atoms with Gasteiger partial charge in [0.25, 0.3) is 11.5 Å². The van der Waals surface area contributed by atoms with Gasteiger partial charge in [0.05, 0.1) is 12.3 Å². The molecule has 0 spiro atoms. The molecule has 0 saturated heterocycles. The molecule has 2 aromatic heterocycles. The molecule has 210 valence electrons. The van der Waals surface area contributed by atoms with Gasteiger partial charge in [-0.15, -0.1) is 0 Å². The minimum atomic E-state index is -0.796. The number of amides is 1. The maximum absolute atomic E-state index is 15.2. The SMILES string of the molecule is N=C/C=C(/Oc1ccc(NC(=O)c2cccn(-c3ccc(F)cc3)c2=O)cc1F)c1[nH]ccc1-c1cccc(CO)c1. The van der Waals surface area contributed by atoms with Crippen LogP contribution in [-0.4, -0.2) is 26.8 Å². The molecule has 0 unspecified atom stereocenters. The maximum atomic E-state index is 15.2. The average molecular weight is 567 g/mol. The average Bonchev–Trinajstić information content (AvgIpc) is 3.49. The van der Waals surface area contributed by atoms with Gasteiger partial charge in [0, 0.05) is 47.7 Å². The first-order chi connectivity index (χ1) is 20.4. The van der Waals surface area contributed by atoms with Gasteiger partial charge in [-0.1, -0.05) is 18.2 Å². The second kappa shape index (κ2) is 12.3. The van der Waals surface area contributed by atoms with E-state index in [9.17, 15) is 19.1 Å². The first-order valence-corrected chi connectivity index (χ1v) is 12.7. The topological polar surface area (TPSA) is 120 Å². The molecule has 10 heteroatoms. The molecule has 3 aromatic carbocycles. The normalized spacial score (nSPS) is 11.3. The fourth-order valence-electron chi connectivity index (χ4n) is 4.35. The van der Waals surface area contributed by atoms with Gasteiger partial charge in [-0.25, -0.2) is 8.78 Å². The third-order valence-corrected chi connectivity index (χ3v) is 6.35. The van der Waals surface area contributed by atoms with Gasteiger partial charge in [0.1, 0.15) is 11.4 Å². The van der Waals surface area contributed by atoms with E-state index in [1.165, 1.54) is 65.4 Å². The number of aromatic amines is 1. The van der Waals surface area contributed by atoms with Crippen molar-refractivity contribution in [3.63, 3.8) is 0 Å². The van der Waals surface area contributed by atoms with Gasteiger partial charge >= 0.3 is 0 Å². The Bertz CT molecular complexity index is 1860. The molecular formula is C32H24F2N4O4. The third kappa shape index (κ3) is 5.93. The van der Waals surface area contributed by atoms with Gasteiger partial charge in [-0.3, -0.25) is 14.2 Å². The molecule has 0 aliphatic carbocycles. The lowest BCUT2D eigenvalue weighted by Gasteiger charge is -2.13. The van der Waals surface area contributed by atoms with Crippen LogP contribution in [0.25, 0.3) is 22.6 Å². The van der Waals surface area contributed by atoms with Crippen LogP contribution < -0.4 is 15.6 Å². The summed E-state index contributed by atoms with van der Waals surface area (Å²) in [5, 5.41) is 19.6. The van der Waals surface area contributed by atoms with Crippen molar-refractivity contribution < 1.29 is 23.4 Å². The number of H-pyrrole nitrogens is 1. The number of halogens is 2. The fraction of sp³-hybridized carbons (Fsp3) is 0.0312. The quantitative estimate of drug-likeness (QED) is 0.131. The first kappa shape index (κ1) is 27.9. The summed E-state index contributed by atoms with van der Waals surface area (Å²) in [4.78, 5) is 28.9. The largest absolute Gasteiger partial charge is 0.452 e. The van der Waals surface area contributed by atoms with Crippen molar-refractivity contribution in [2.75, 3.05) is 5.32 Å². The number of aliphatic hydroxyl groups excluding tert-OH is 1. The number of benzene rings is 3. The summed E-state index contributed by atoms with van der Waals surface area (Å²) in [5.74, 6) is -2.01. The van der Waals surface area contributed by atoms with Crippen LogP contribution in [0.5, 0.6) is 5.75 Å². The number of nitrogens with zero attached hydrogens (tertiary/aromatic N) is 1. The van der Waals surface area contributed by atoms with Crippen LogP contribution in [0.2, 0.25) is 0 Å². The van der Waals surface area contributed by atoms with Crippen LogP contribution in [0.3, 0.4) is 0 Å². The molecular weight excluding hydrogens is 542 g/mol. The number of nitrogens with one attached hydrogen (secondary N) is 3. The summed E-state index contributed by atoms with van der Waals surface area (Å²) >= 11 is 0. The zero-order valence-electron chi connectivity index (χ0n) is 22.0. The number of ether oxygens (including phenoxy) is 1. The highest BCUT2D eigenvalue weighted by Gasteiger charge is 2.18. The van der Waals surface area contributed by atoms with Crippen molar-refractivity contribution >= 4 is 23.6 Å². The van der Waals surface area contributed by atoms with Crippen molar-refractivity contribution in [3.8, 4) is 22.6 Å². The molecule has 0 aliphatic heterocycles.